The fourth-order valence-electron chi connectivity index (χ4n) is 0.0430. The Balaban J connectivity index is 0. The smallest absolute Gasteiger partial charge is 0.773 e. The van der Waals surface area contributed by atoms with E-state index in [2.05, 4.69) is 4.52 Å². The van der Waals surface area contributed by atoms with Gasteiger partial charge in [0.15, 0.2) is 13.6 Å². The quantitative estimate of drug-likeness (QED) is 0.229. The molecular weight excluding hydrogens is 142 g/mol. The summed E-state index contributed by atoms with van der Waals surface area (Å²) >= 11 is 0. The Morgan fingerprint density at radius 2 is 2.12 bits per heavy atom. The molecule has 6 heteroatoms. The van der Waals surface area contributed by atoms with Crippen LogP contribution < -0.4 is 34.5 Å². The summed E-state index contributed by atoms with van der Waals surface area (Å²) in [6, 6.07) is -0.229. The zero-order valence-electron chi connectivity index (χ0n) is 4.66. The first kappa shape index (κ1) is 11.6. The third-order valence-corrected chi connectivity index (χ3v) is 1.15. The van der Waals surface area contributed by atoms with Crippen molar-refractivity contribution in [2.75, 3.05) is 7.11 Å². The predicted octanol–water partition coefficient (Wildman–Crippen LogP) is -3.62. The van der Waals surface area contributed by atoms with Gasteiger partial charge in [-0.2, -0.15) is 0 Å². The number of hydrogen-bond donors (Lipinski definition) is 0. The molecule has 0 aliphatic heterocycles. The molecule has 0 aromatic rings. The van der Waals surface area contributed by atoms with Crippen molar-refractivity contribution in [1.82, 2.24) is 0 Å². The molecule has 0 aliphatic carbocycles. The maximum Gasteiger partial charge on any atom is 1.00 e. The summed E-state index contributed by atoms with van der Waals surface area (Å²) in [6.45, 7) is 0. The first-order chi connectivity index (χ1) is 3.12. The third-order valence-electron chi connectivity index (χ3n) is 0.384. The van der Waals surface area contributed by atoms with E-state index in [1.165, 1.54) is 0 Å². The van der Waals surface area contributed by atoms with Gasteiger partial charge in [-0.1, -0.05) is 0 Å². The van der Waals surface area contributed by atoms with Crippen molar-refractivity contribution in [2.24, 2.45) is 0 Å². The van der Waals surface area contributed by atoms with Gasteiger partial charge in [0.05, 0.1) is 0 Å². The van der Waals surface area contributed by atoms with Gasteiger partial charge >= 0.3 is 29.6 Å². The molecule has 0 fully saturated rings. The van der Waals surface area contributed by atoms with Gasteiger partial charge in [0.25, 0.3) is 0 Å². The Hall–Kier alpha value is 0.820. The van der Waals surface area contributed by atoms with Crippen molar-refractivity contribution in [1.29, 1.82) is 0 Å². The van der Waals surface area contributed by atoms with E-state index in [9.17, 15) is 14.3 Å². The number of carbonyl (C=O) groups is 1. The van der Waals surface area contributed by atoms with E-state index in [1.807, 2.05) is 0 Å². The van der Waals surface area contributed by atoms with Crippen LogP contribution in [0.5, 0.6) is 0 Å². The van der Waals surface area contributed by atoms with Gasteiger partial charge in [-0.05, 0) is 0 Å². The van der Waals surface area contributed by atoms with Crippen molar-refractivity contribution >= 4 is 13.6 Å². The summed E-state index contributed by atoms with van der Waals surface area (Å²) < 4.78 is 13.5. The maximum absolute atomic E-state index is 9.81. The Kier molecular flexibility index (Phi) is 6.78. The van der Waals surface area contributed by atoms with Gasteiger partial charge < -0.3 is 14.0 Å². The molecule has 0 aliphatic rings. The van der Waals surface area contributed by atoms with Crippen LogP contribution in [0.2, 0.25) is 0 Å². The van der Waals surface area contributed by atoms with Crippen molar-refractivity contribution in [3.8, 4) is 0 Å². The van der Waals surface area contributed by atoms with Gasteiger partial charge in [0.1, 0.15) is 0 Å². The predicted molar refractivity (Wildman–Crippen MR) is 21.4 cm³/mol. The van der Waals surface area contributed by atoms with Crippen LogP contribution in [-0.4, -0.2) is 13.1 Å². The van der Waals surface area contributed by atoms with Crippen LogP contribution in [0.25, 0.3) is 0 Å². The molecule has 8 heavy (non-hydrogen) atoms. The van der Waals surface area contributed by atoms with Gasteiger partial charge in [0, 0.05) is 7.11 Å². The van der Waals surface area contributed by atoms with E-state index < -0.39 is 7.60 Å². The number of rotatable bonds is 2. The summed E-state index contributed by atoms with van der Waals surface area (Å²) in [4.78, 5) is 19.2. The third kappa shape index (κ3) is 4.97. The topological polar surface area (TPSA) is 66.4 Å². The van der Waals surface area contributed by atoms with E-state index in [4.69, 9.17) is 0 Å². The van der Waals surface area contributed by atoms with Crippen molar-refractivity contribution < 1.29 is 48.3 Å². The number of hydrogen-bond acceptors (Lipinski definition) is 4. The van der Waals surface area contributed by atoms with Gasteiger partial charge in [-0.15, -0.1) is 0 Å². The monoisotopic (exact) mass is 146 g/mol. The second-order valence-electron chi connectivity index (χ2n) is 0.828. The fourth-order valence-corrected chi connectivity index (χ4v) is 0.129. The largest absolute Gasteiger partial charge is 1.00 e. The molecule has 0 saturated heterocycles. The minimum absolute atomic E-state index is 0. The Labute approximate surface area is 69.0 Å². The fraction of sp³-hybridized carbons (Fsp3) is 0.500. The Morgan fingerprint density at radius 1 is 1.75 bits per heavy atom. The molecule has 0 radical (unpaired) electrons. The molecule has 0 N–H and O–H groups in total. The molecule has 0 aromatic carbocycles. The maximum atomic E-state index is 9.81. The first-order valence-corrected chi connectivity index (χ1v) is 3.06. The van der Waals surface area contributed by atoms with E-state index in [-0.39, 0.29) is 35.6 Å². The summed E-state index contributed by atoms with van der Waals surface area (Å²) in [5.74, 6) is 0. The van der Waals surface area contributed by atoms with Crippen LogP contribution in [0.15, 0.2) is 0 Å². The molecular formula is C2H4NaO4P. The number of carbonyl (C=O) groups excluding carboxylic acids is 1. The first-order valence-electron chi connectivity index (χ1n) is 1.45. The molecule has 0 spiro atoms. The minimum Gasteiger partial charge on any atom is -0.773 e. The zero-order valence-corrected chi connectivity index (χ0v) is 7.55. The normalized spacial score (nSPS) is 15.8. The standard InChI is InChI=1S/C2H5O4P.Na/c1-6-7(4,5)2-3;/h2H,1H3,(H,4,5);/q;+1/p-1. The minimum atomic E-state index is -4.08. The molecule has 0 amide bonds. The summed E-state index contributed by atoms with van der Waals surface area (Å²) in [7, 11) is -3.15. The van der Waals surface area contributed by atoms with Crippen LogP contribution in [-0.2, 0) is 13.9 Å². The zero-order chi connectivity index (χ0) is 5.91. The molecule has 42 valence electrons. The average Bonchev–Trinajstić information content (AvgIpc) is 1.68. The van der Waals surface area contributed by atoms with Gasteiger partial charge in [-0.3, -0.25) is 4.79 Å². The van der Waals surface area contributed by atoms with Crippen molar-refractivity contribution in [2.45, 2.75) is 0 Å². The van der Waals surface area contributed by atoms with Crippen molar-refractivity contribution in [3.05, 3.63) is 0 Å². The van der Waals surface area contributed by atoms with Crippen LogP contribution in [0.1, 0.15) is 0 Å². The molecule has 0 aromatic heterocycles. The van der Waals surface area contributed by atoms with Crippen molar-refractivity contribution in [3.63, 3.8) is 0 Å². The summed E-state index contributed by atoms with van der Waals surface area (Å²) in [6.07, 6.45) is 0. The van der Waals surface area contributed by atoms with Crippen LogP contribution in [0, 0.1) is 0 Å². The van der Waals surface area contributed by atoms with E-state index in [0.717, 1.165) is 7.11 Å². The van der Waals surface area contributed by atoms with Crippen LogP contribution in [0.3, 0.4) is 0 Å². The average molecular weight is 146 g/mol. The SMILES string of the molecule is COP(=O)([O-])C=O.[Na+]. The second-order valence-corrected chi connectivity index (χ2v) is 2.48. The van der Waals surface area contributed by atoms with Crippen LogP contribution >= 0.6 is 7.60 Å². The van der Waals surface area contributed by atoms with E-state index in [0.29, 0.717) is 0 Å². The molecule has 1 unspecified atom stereocenters. The van der Waals surface area contributed by atoms with E-state index in [1.54, 1.807) is 0 Å². The van der Waals surface area contributed by atoms with E-state index >= 15 is 0 Å². The molecule has 0 heterocycles. The Bertz CT molecular complexity index is 113. The Morgan fingerprint density at radius 3 is 2.12 bits per heavy atom. The molecule has 1 atom stereocenters. The van der Waals surface area contributed by atoms with Gasteiger partial charge in [-0.25, -0.2) is 0 Å². The summed E-state index contributed by atoms with van der Waals surface area (Å²) in [5.41, 5.74) is 0. The second kappa shape index (κ2) is 4.68. The van der Waals surface area contributed by atoms with Crippen LogP contribution in [0.4, 0.5) is 0 Å². The molecule has 0 saturated carbocycles. The van der Waals surface area contributed by atoms with Gasteiger partial charge in [0.2, 0.25) is 0 Å². The summed E-state index contributed by atoms with van der Waals surface area (Å²) in [5, 5.41) is 0. The molecule has 4 nitrogen and oxygen atoms in total. The molecule has 0 rings (SSSR count). The molecule has 0 bridgehead atoms.